The first-order valence-corrected chi connectivity index (χ1v) is 8.61. The minimum atomic E-state index is -0.0988. The Hall–Kier alpha value is -0.110. The van der Waals surface area contributed by atoms with Crippen molar-refractivity contribution < 1.29 is 0 Å². The van der Waals surface area contributed by atoms with Gasteiger partial charge in [-0.1, -0.05) is 27.5 Å². The van der Waals surface area contributed by atoms with Gasteiger partial charge in [0.25, 0.3) is 0 Å². The van der Waals surface area contributed by atoms with Gasteiger partial charge in [-0.25, -0.2) is 0 Å². The highest BCUT2D eigenvalue weighted by Gasteiger charge is 2.18. The summed E-state index contributed by atoms with van der Waals surface area (Å²) in [4.78, 5) is 0. The van der Waals surface area contributed by atoms with Crippen LogP contribution >= 0.6 is 50.1 Å². The SMILES string of the molecule is CCn1nc(C)c(Cl)c1CC(N)c1cc(Br)ccc1I. The van der Waals surface area contributed by atoms with E-state index in [2.05, 4.69) is 62.7 Å². The van der Waals surface area contributed by atoms with Crippen LogP contribution in [0.4, 0.5) is 0 Å². The number of hydrogen-bond donors (Lipinski definition) is 1. The molecule has 2 rings (SSSR count). The number of nitrogens with zero attached hydrogens (tertiary/aromatic N) is 2. The summed E-state index contributed by atoms with van der Waals surface area (Å²) < 4.78 is 4.13. The van der Waals surface area contributed by atoms with E-state index in [0.29, 0.717) is 6.42 Å². The van der Waals surface area contributed by atoms with Crippen LogP contribution < -0.4 is 5.73 Å². The van der Waals surface area contributed by atoms with Gasteiger partial charge in [-0.2, -0.15) is 5.10 Å². The summed E-state index contributed by atoms with van der Waals surface area (Å²) >= 11 is 12.2. The monoisotopic (exact) mass is 467 g/mol. The Labute approximate surface area is 146 Å². The standard InChI is InChI=1S/C14H16BrClIN3/c1-3-20-13(14(16)8(2)19-20)7-12(18)10-6-9(15)4-5-11(10)17/h4-6,12H,3,7,18H2,1-2H3. The molecule has 0 aliphatic heterocycles. The Morgan fingerprint density at radius 2 is 2.20 bits per heavy atom. The van der Waals surface area contributed by atoms with Crippen LogP contribution in [0.5, 0.6) is 0 Å². The molecule has 108 valence electrons. The molecule has 3 nitrogen and oxygen atoms in total. The molecule has 0 spiro atoms. The molecule has 0 radical (unpaired) electrons. The van der Waals surface area contributed by atoms with Gasteiger partial charge in [0.1, 0.15) is 0 Å². The van der Waals surface area contributed by atoms with Crippen LogP contribution in [-0.4, -0.2) is 9.78 Å². The molecule has 0 aliphatic rings. The van der Waals surface area contributed by atoms with E-state index in [-0.39, 0.29) is 6.04 Å². The molecule has 2 aromatic rings. The Bertz CT molecular complexity index is 627. The molecule has 1 atom stereocenters. The Morgan fingerprint density at radius 3 is 2.85 bits per heavy atom. The van der Waals surface area contributed by atoms with Gasteiger partial charge in [-0.05, 0) is 60.2 Å². The third-order valence-corrected chi connectivity index (χ3v) is 5.19. The predicted molar refractivity (Wildman–Crippen MR) is 95.1 cm³/mol. The van der Waals surface area contributed by atoms with E-state index >= 15 is 0 Å². The van der Waals surface area contributed by atoms with Crippen molar-refractivity contribution in [1.29, 1.82) is 0 Å². The summed E-state index contributed by atoms with van der Waals surface area (Å²) in [5.74, 6) is 0. The fourth-order valence-electron chi connectivity index (χ4n) is 2.18. The third-order valence-electron chi connectivity index (χ3n) is 3.22. The van der Waals surface area contributed by atoms with Crippen molar-refractivity contribution in [2.45, 2.75) is 32.9 Å². The van der Waals surface area contributed by atoms with Crippen molar-refractivity contribution in [2.75, 3.05) is 0 Å². The molecule has 0 saturated carbocycles. The van der Waals surface area contributed by atoms with E-state index in [1.54, 1.807) is 0 Å². The molecule has 1 aromatic heterocycles. The average Bonchev–Trinajstić information content (AvgIpc) is 2.69. The van der Waals surface area contributed by atoms with Crippen LogP contribution in [0.1, 0.15) is 29.9 Å². The first kappa shape index (κ1) is 16.3. The van der Waals surface area contributed by atoms with E-state index in [1.165, 1.54) is 0 Å². The Kier molecular flexibility index (Phi) is 5.50. The van der Waals surface area contributed by atoms with Crippen LogP contribution in [0.2, 0.25) is 5.02 Å². The van der Waals surface area contributed by atoms with Gasteiger partial charge in [-0.15, -0.1) is 0 Å². The minimum Gasteiger partial charge on any atom is -0.324 e. The summed E-state index contributed by atoms with van der Waals surface area (Å²) in [6, 6.07) is 6.05. The molecule has 2 N–H and O–H groups in total. The molecule has 1 aromatic carbocycles. The number of aromatic nitrogens is 2. The van der Waals surface area contributed by atoms with Crippen molar-refractivity contribution in [3.63, 3.8) is 0 Å². The summed E-state index contributed by atoms with van der Waals surface area (Å²) in [5, 5.41) is 5.16. The van der Waals surface area contributed by atoms with Crippen LogP contribution in [0.25, 0.3) is 0 Å². The second-order valence-corrected chi connectivity index (χ2v) is 7.09. The molecule has 1 heterocycles. The summed E-state index contributed by atoms with van der Waals surface area (Å²) in [6.45, 7) is 4.78. The molecule has 0 bridgehead atoms. The van der Waals surface area contributed by atoms with Crippen molar-refractivity contribution in [3.05, 3.63) is 48.2 Å². The summed E-state index contributed by atoms with van der Waals surface area (Å²) in [7, 11) is 0. The third kappa shape index (κ3) is 3.37. The lowest BCUT2D eigenvalue weighted by Crippen LogP contribution is -2.17. The lowest BCUT2D eigenvalue weighted by Gasteiger charge is -2.15. The molecule has 0 amide bonds. The van der Waals surface area contributed by atoms with E-state index in [0.717, 1.165) is 36.6 Å². The van der Waals surface area contributed by atoms with E-state index in [1.807, 2.05) is 17.7 Å². The Balaban J connectivity index is 2.32. The number of rotatable bonds is 4. The zero-order valence-corrected chi connectivity index (χ0v) is 15.8. The zero-order chi connectivity index (χ0) is 14.9. The summed E-state index contributed by atoms with van der Waals surface area (Å²) in [6.07, 6.45) is 0.681. The van der Waals surface area contributed by atoms with E-state index in [4.69, 9.17) is 17.3 Å². The van der Waals surface area contributed by atoms with Gasteiger partial charge >= 0.3 is 0 Å². The highest BCUT2D eigenvalue weighted by molar-refractivity contribution is 14.1. The van der Waals surface area contributed by atoms with Crippen LogP contribution in [0.3, 0.4) is 0 Å². The fraction of sp³-hybridized carbons (Fsp3) is 0.357. The second kappa shape index (κ2) is 6.77. The van der Waals surface area contributed by atoms with Gasteiger partial charge in [0.05, 0.1) is 16.4 Å². The molecule has 1 unspecified atom stereocenters. The minimum absolute atomic E-state index is 0.0988. The molecule has 20 heavy (non-hydrogen) atoms. The maximum Gasteiger partial charge on any atom is 0.0847 e. The highest BCUT2D eigenvalue weighted by atomic mass is 127. The van der Waals surface area contributed by atoms with E-state index < -0.39 is 0 Å². The van der Waals surface area contributed by atoms with Gasteiger partial charge in [0, 0.05) is 27.1 Å². The molecular weight excluding hydrogens is 452 g/mol. The first-order valence-electron chi connectivity index (χ1n) is 6.36. The number of benzene rings is 1. The smallest absolute Gasteiger partial charge is 0.0847 e. The maximum absolute atomic E-state index is 6.37. The zero-order valence-electron chi connectivity index (χ0n) is 11.3. The van der Waals surface area contributed by atoms with Crippen molar-refractivity contribution in [1.82, 2.24) is 9.78 Å². The van der Waals surface area contributed by atoms with Crippen LogP contribution in [0.15, 0.2) is 22.7 Å². The van der Waals surface area contributed by atoms with Crippen molar-refractivity contribution in [2.24, 2.45) is 5.73 Å². The first-order chi connectivity index (χ1) is 9.43. The normalized spacial score (nSPS) is 12.7. The molecule has 0 fully saturated rings. The van der Waals surface area contributed by atoms with Gasteiger partial charge in [-0.3, -0.25) is 4.68 Å². The van der Waals surface area contributed by atoms with E-state index in [9.17, 15) is 0 Å². The highest BCUT2D eigenvalue weighted by Crippen LogP contribution is 2.28. The maximum atomic E-state index is 6.37. The predicted octanol–water partition coefficient (Wildman–Crippen LogP) is 4.47. The van der Waals surface area contributed by atoms with Crippen molar-refractivity contribution >= 4 is 50.1 Å². The molecule has 0 aliphatic carbocycles. The lowest BCUT2D eigenvalue weighted by molar-refractivity contribution is 0.586. The van der Waals surface area contributed by atoms with Gasteiger partial charge in [0.15, 0.2) is 0 Å². The average molecular weight is 469 g/mol. The van der Waals surface area contributed by atoms with Crippen LogP contribution in [-0.2, 0) is 13.0 Å². The Morgan fingerprint density at radius 1 is 1.50 bits per heavy atom. The number of hydrogen-bond acceptors (Lipinski definition) is 2. The van der Waals surface area contributed by atoms with Gasteiger partial charge in [0.2, 0.25) is 0 Å². The fourth-order valence-corrected chi connectivity index (χ4v) is 3.51. The van der Waals surface area contributed by atoms with Crippen molar-refractivity contribution in [3.8, 4) is 0 Å². The molecule has 0 saturated heterocycles. The largest absolute Gasteiger partial charge is 0.324 e. The molecule has 6 heteroatoms. The summed E-state index contributed by atoms with van der Waals surface area (Å²) in [5.41, 5.74) is 9.37. The number of halogens is 3. The van der Waals surface area contributed by atoms with Gasteiger partial charge < -0.3 is 5.73 Å². The van der Waals surface area contributed by atoms with Crippen LogP contribution in [0, 0.1) is 10.5 Å². The topological polar surface area (TPSA) is 43.8 Å². The number of nitrogens with two attached hydrogens (primary N) is 1. The number of aryl methyl sites for hydroxylation is 2. The molecular formula is C14H16BrClIN3. The second-order valence-electron chi connectivity index (χ2n) is 4.64. The quantitative estimate of drug-likeness (QED) is 0.673. The lowest BCUT2D eigenvalue weighted by atomic mass is 10.0.